The van der Waals surface area contributed by atoms with Gasteiger partial charge in [-0.3, -0.25) is 9.36 Å². The van der Waals surface area contributed by atoms with Crippen molar-refractivity contribution in [2.75, 3.05) is 5.32 Å². The molecule has 3 aromatic rings. The molecule has 3 rings (SSSR count). The van der Waals surface area contributed by atoms with E-state index >= 15 is 0 Å². The number of aromatic nitrogens is 2. The maximum absolute atomic E-state index is 13.6. The Balaban J connectivity index is 1.86. The number of urea groups is 1. The number of nitrogens with two attached hydrogens (primary N) is 1. The lowest BCUT2D eigenvalue weighted by molar-refractivity contribution is -0.118. The lowest BCUT2D eigenvalue weighted by atomic mass is 10.0. The number of amides is 3. The van der Waals surface area contributed by atoms with Crippen LogP contribution in [0.25, 0.3) is 22.4 Å². The summed E-state index contributed by atoms with van der Waals surface area (Å²) in [4.78, 5) is 27.8. The maximum Gasteiger partial charge on any atom is 0.320 e. The van der Waals surface area contributed by atoms with E-state index in [4.69, 9.17) is 5.73 Å². The standard InChI is InChI=1S/C20H21F2N5O2/c1-11(2)16(26-20(23)29)18(28)24-13-9-7-12(8-10-13)17-25-14-5-3-4-6-15(14)27(17)19(21)22/h3-11,16,19H,1-2H3,(H,24,28)(H3,23,26,29)/t16-/m1/s1. The number of carbonyl (C=O) groups excluding carboxylic acids is 2. The van der Waals surface area contributed by atoms with Crippen LogP contribution < -0.4 is 16.4 Å². The van der Waals surface area contributed by atoms with Gasteiger partial charge in [0.1, 0.15) is 11.9 Å². The van der Waals surface area contributed by atoms with Crippen molar-refractivity contribution in [2.45, 2.75) is 26.4 Å². The Bertz CT molecular complexity index is 1030. The fourth-order valence-electron chi connectivity index (χ4n) is 3.06. The lowest BCUT2D eigenvalue weighted by Crippen LogP contribution is -2.49. The van der Waals surface area contributed by atoms with E-state index in [1.165, 1.54) is 0 Å². The zero-order valence-electron chi connectivity index (χ0n) is 15.9. The number of primary amides is 1. The molecule has 1 heterocycles. The Hall–Kier alpha value is -3.49. The summed E-state index contributed by atoms with van der Waals surface area (Å²) >= 11 is 0. The van der Waals surface area contributed by atoms with E-state index in [0.29, 0.717) is 22.3 Å². The highest BCUT2D eigenvalue weighted by Gasteiger charge is 2.23. The Morgan fingerprint density at radius 2 is 1.72 bits per heavy atom. The van der Waals surface area contributed by atoms with E-state index in [1.54, 1.807) is 62.4 Å². The molecule has 0 aliphatic rings. The van der Waals surface area contributed by atoms with Gasteiger partial charge in [-0.25, -0.2) is 9.78 Å². The van der Waals surface area contributed by atoms with Crippen LogP contribution in [0.3, 0.4) is 0 Å². The second kappa shape index (κ2) is 8.26. The van der Waals surface area contributed by atoms with Gasteiger partial charge in [0.15, 0.2) is 0 Å². The van der Waals surface area contributed by atoms with Gasteiger partial charge in [-0.05, 0) is 42.3 Å². The van der Waals surface area contributed by atoms with Crippen molar-refractivity contribution in [1.82, 2.24) is 14.9 Å². The minimum atomic E-state index is -2.75. The molecule has 1 atom stereocenters. The predicted molar refractivity (Wildman–Crippen MR) is 106 cm³/mol. The quantitative estimate of drug-likeness (QED) is 0.586. The summed E-state index contributed by atoms with van der Waals surface area (Å²) in [6.07, 6.45) is 0. The van der Waals surface area contributed by atoms with E-state index in [1.807, 2.05) is 0 Å². The molecule has 3 amide bonds. The Labute approximate surface area is 165 Å². The largest absolute Gasteiger partial charge is 0.352 e. The van der Waals surface area contributed by atoms with Crippen molar-refractivity contribution in [3.63, 3.8) is 0 Å². The highest BCUT2D eigenvalue weighted by Crippen LogP contribution is 2.30. The van der Waals surface area contributed by atoms with Gasteiger partial charge in [-0.1, -0.05) is 26.0 Å². The fourth-order valence-corrected chi connectivity index (χ4v) is 3.06. The third-order valence-electron chi connectivity index (χ3n) is 4.45. The Morgan fingerprint density at radius 3 is 2.31 bits per heavy atom. The third kappa shape index (κ3) is 4.34. The average molecular weight is 401 g/mol. The number of imidazole rings is 1. The van der Waals surface area contributed by atoms with Crippen molar-refractivity contribution in [3.8, 4) is 11.4 Å². The minimum absolute atomic E-state index is 0.134. The second-order valence-corrected chi connectivity index (χ2v) is 6.87. The topological polar surface area (TPSA) is 102 Å². The predicted octanol–water partition coefficient (Wildman–Crippen LogP) is 3.73. The molecule has 29 heavy (non-hydrogen) atoms. The van der Waals surface area contributed by atoms with Crippen LogP contribution in [0.4, 0.5) is 19.3 Å². The van der Waals surface area contributed by atoms with E-state index in [-0.39, 0.29) is 11.7 Å². The second-order valence-electron chi connectivity index (χ2n) is 6.87. The monoisotopic (exact) mass is 401 g/mol. The average Bonchev–Trinajstić information content (AvgIpc) is 3.06. The van der Waals surface area contributed by atoms with Crippen molar-refractivity contribution < 1.29 is 18.4 Å². The van der Waals surface area contributed by atoms with Crippen molar-refractivity contribution in [1.29, 1.82) is 0 Å². The molecule has 0 fully saturated rings. The number of benzene rings is 2. The molecule has 7 nitrogen and oxygen atoms in total. The number of anilines is 1. The van der Waals surface area contributed by atoms with Crippen molar-refractivity contribution >= 4 is 28.7 Å². The maximum atomic E-state index is 13.6. The molecular weight excluding hydrogens is 380 g/mol. The molecule has 9 heteroatoms. The smallest absolute Gasteiger partial charge is 0.320 e. The normalized spacial score (nSPS) is 12.3. The first-order valence-corrected chi connectivity index (χ1v) is 9.00. The minimum Gasteiger partial charge on any atom is -0.352 e. The molecule has 0 unspecified atom stereocenters. The van der Waals surface area contributed by atoms with Gasteiger partial charge < -0.3 is 16.4 Å². The van der Waals surface area contributed by atoms with Crippen LogP contribution in [0, 0.1) is 5.92 Å². The summed E-state index contributed by atoms with van der Waals surface area (Å²) in [5.74, 6) is -0.464. The van der Waals surface area contributed by atoms with Gasteiger partial charge in [0.25, 0.3) is 0 Å². The van der Waals surface area contributed by atoms with Crippen LogP contribution in [-0.2, 0) is 4.79 Å². The fraction of sp³-hybridized carbons (Fsp3) is 0.250. The third-order valence-corrected chi connectivity index (χ3v) is 4.45. The zero-order valence-corrected chi connectivity index (χ0v) is 15.9. The first kappa shape index (κ1) is 20.2. The molecule has 0 aliphatic carbocycles. The van der Waals surface area contributed by atoms with Gasteiger partial charge >= 0.3 is 12.6 Å². The van der Waals surface area contributed by atoms with E-state index in [9.17, 15) is 18.4 Å². The van der Waals surface area contributed by atoms with Gasteiger partial charge in [0.05, 0.1) is 11.0 Å². The van der Waals surface area contributed by atoms with Crippen molar-refractivity contribution in [3.05, 3.63) is 48.5 Å². The summed E-state index contributed by atoms with van der Waals surface area (Å²) in [6.45, 7) is 0.805. The first-order valence-electron chi connectivity index (χ1n) is 9.00. The molecule has 0 aliphatic heterocycles. The SMILES string of the molecule is CC(C)[C@@H](NC(N)=O)C(=O)Nc1ccc(-c2nc3ccccc3n2C(F)F)cc1. The van der Waals surface area contributed by atoms with E-state index in [0.717, 1.165) is 4.57 Å². The van der Waals surface area contributed by atoms with E-state index < -0.39 is 24.5 Å². The van der Waals surface area contributed by atoms with Gasteiger partial charge in [0.2, 0.25) is 5.91 Å². The summed E-state index contributed by atoms with van der Waals surface area (Å²) in [5.41, 5.74) is 6.86. The number of halogens is 2. The number of nitrogens with zero attached hydrogens (tertiary/aromatic N) is 2. The Morgan fingerprint density at radius 1 is 1.07 bits per heavy atom. The van der Waals surface area contributed by atoms with Crippen molar-refractivity contribution in [2.24, 2.45) is 11.7 Å². The molecule has 152 valence electrons. The Kier molecular flexibility index (Phi) is 5.76. The molecule has 0 saturated heterocycles. The van der Waals surface area contributed by atoms with Gasteiger partial charge in [0, 0.05) is 11.3 Å². The number of fused-ring (bicyclic) bond motifs is 1. The highest BCUT2D eigenvalue weighted by molar-refractivity contribution is 5.97. The number of alkyl halides is 2. The van der Waals surface area contributed by atoms with Crippen LogP contribution in [-0.4, -0.2) is 27.5 Å². The summed E-state index contributed by atoms with van der Waals surface area (Å²) in [7, 11) is 0. The number of rotatable bonds is 6. The molecular formula is C20H21F2N5O2. The van der Waals surface area contributed by atoms with Crippen LogP contribution in [0.5, 0.6) is 0 Å². The molecule has 1 aromatic heterocycles. The molecule has 2 aromatic carbocycles. The number of hydrogen-bond acceptors (Lipinski definition) is 3. The first-order chi connectivity index (χ1) is 13.8. The van der Waals surface area contributed by atoms with Crippen LogP contribution >= 0.6 is 0 Å². The van der Waals surface area contributed by atoms with Crippen LogP contribution in [0.2, 0.25) is 0 Å². The van der Waals surface area contributed by atoms with Crippen LogP contribution in [0.1, 0.15) is 20.4 Å². The summed E-state index contributed by atoms with van der Waals surface area (Å²) in [5, 5.41) is 5.09. The number of carbonyl (C=O) groups is 2. The summed E-state index contributed by atoms with van der Waals surface area (Å²) in [6, 6.07) is 11.5. The molecule has 0 radical (unpaired) electrons. The number of para-hydroxylation sites is 2. The molecule has 0 saturated carbocycles. The van der Waals surface area contributed by atoms with Gasteiger partial charge in [-0.2, -0.15) is 8.78 Å². The molecule has 0 spiro atoms. The van der Waals surface area contributed by atoms with Crippen LogP contribution in [0.15, 0.2) is 48.5 Å². The summed E-state index contributed by atoms with van der Waals surface area (Å²) < 4.78 is 28.1. The zero-order chi connectivity index (χ0) is 21.1. The van der Waals surface area contributed by atoms with E-state index in [2.05, 4.69) is 15.6 Å². The molecule has 0 bridgehead atoms. The number of nitrogens with one attached hydrogen (secondary N) is 2. The lowest BCUT2D eigenvalue weighted by Gasteiger charge is -2.20. The number of hydrogen-bond donors (Lipinski definition) is 3. The molecule has 4 N–H and O–H groups in total. The highest BCUT2D eigenvalue weighted by atomic mass is 19.3. The van der Waals surface area contributed by atoms with Gasteiger partial charge in [-0.15, -0.1) is 0 Å².